The summed E-state index contributed by atoms with van der Waals surface area (Å²) in [5.74, 6) is -0.319. The van der Waals surface area contributed by atoms with Gasteiger partial charge in [0.25, 0.3) is 5.91 Å². The number of benzene rings is 1. The molecule has 2 heterocycles. The third-order valence-electron chi connectivity index (χ3n) is 5.19. The summed E-state index contributed by atoms with van der Waals surface area (Å²) in [7, 11) is 0. The molecule has 3 rings (SSSR count). The Morgan fingerprint density at radius 3 is 2.74 bits per heavy atom. The summed E-state index contributed by atoms with van der Waals surface area (Å²) < 4.78 is 18.2. The Morgan fingerprint density at radius 2 is 2.03 bits per heavy atom. The maximum Gasteiger partial charge on any atom is 0.273 e. The summed E-state index contributed by atoms with van der Waals surface area (Å²) in [6, 6.07) is 8.85. The fraction of sp³-hybridized carbons (Fsp3) is 0.455. The number of nitrogens with zero attached hydrogens (tertiary/aromatic N) is 3. The van der Waals surface area contributed by atoms with E-state index in [1.54, 1.807) is 19.1 Å². The van der Waals surface area contributed by atoms with E-state index in [4.69, 9.17) is 9.78 Å². The molecule has 8 nitrogen and oxygen atoms in total. The molecule has 0 saturated carbocycles. The zero-order valence-corrected chi connectivity index (χ0v) is 17.4. The largest absolute Gasteiger partial charge is 0.355 e. The summed E-state index contributed by atoms with van der Waals surface area (Å²) in [4.78, 5) is 26.3. The van der Waals surface area contributed by atoms with Crippen molar-refractivity contribution in [2.24, 2.45) is 5.92 Å². The Hall–Kier alpha value is -3.25. The second-order valence-corrected chi connectivity index (χ2v) is 7.72. The van der Waals surface area contributed by atoms with Crippen LogP contribution in [-0.4, -0.2) is 54.1 Å². The highest BCUT2D eigenvalue weighted by Gasteiger charge is 2.32. The van der Waals surface area contributed by atoms with Gasteiger partial charge in [-0.1, -0.05) is 11.6 Å². The monoisotopic (exact) mass is 427 g/mol. The van der Waals surface area contributed by atoms with E-state index in [2.05, 4.69) is 20.7 Å². The second kappa shape index (κ2) is 10.7. The minimum atomic E-state index is -0.455. The first-order chi connectivity index (χ1) is 15.0. The van der Waals surface area contributed by atoms with Gasteiger partial charge in [0.1, 0.15) is 11.9 Å². The lowest BCUT2D eigenvalue weighted by Gasteiger charge is -2.38. The van der Waals surface area contributed by atoms with Crippen LogP contribution < -0.4 is 10.6 Å². The molecule has 164 valence electrons. The fourth-order valence-corrected chi connectivity index (χ4v) is 3.34. The molecule has 2 amide bonds. The lowest BCUT2D eigenvalue weighted by Crippen LogP contribution is -2.54. The van der Waals surface area contributed by atoms with Gasteiger partial charge in [-0.3, -0.25) is 9.59 Å². The average molecular weight is 427 g/mol. The van der Waals surface area contributed by atoms with E-state index >= 15 is 0 Å². The highest BCUT2D eigenvalue weighted by molar-refractivity contribution is 5.93. The second-order valence-electron chi connectivity index (χ2n) is 7.72. The summed E-state index contributed by atoms with van der Waals surface area (Å²) >= 11 is 0. The molecule has 1 aromatic heterocycles. The molecule has 0 bridgehead atoms. The van der Waals surface area contributed by atoms with Crippen molar-refractivity contribution in [2.75, 3.05) is 26.2 Å². The van der Waals surface area contributed by atoms with Crippen LogP contribution >= 0.6 is 0 Å². The number of unbranched alkanes of at least 4 members (excludes halogenated alkanes) is 2. The number of aromatic nitrogens is 1. The van der Waals surface area contributed by atoms with Crippen molar-refractivity contribution in [1.29, 1.82) is 5.26 Å². The summed E-state index contributed by atoms with van der Waals surface area (Å²) in [5, 5.41) is 18.0. The van der Waals surface area contributed by atoms with E-state index in [1.807, 2.05) is 6.07 Å². The van der Waals surface area contributed by atoms with Crippen molar-refractivity contribution in [2.45, 2.75) is 32.2 Å². The lowest BCUT2D eigenvalue weighted by molar-refractivity contribution is -0.130. The molecular formula is C22H26FN5O3. The van der Waals surface area contributed by atoms with Crippen molar-refractivity contribution in [3.63, 3.8) is 0 Å². The number of rotatable bonds is 10. The van der Waals surface area contributed by atoms with Crippen molar-refractivity contribution >= 4 is 11.8 Å². The van der Waals surface area contributed by atoms with Gasteiger partial charge in [-0.15, -0.1) is 0 Å². The average Bonchev–Trinajstić information content (AvgIpc) is 3.22. The van der Waals surface area contributed by atoms with E-state index in [1.165, 1.54) is 18.2 Å². The minimum Gasteiger partial charge on any atom is -0.355 e. The van der Waals surface area contributed by atoms with Crippen LogP contribution in [0.25, 0.3) is 11.3 Å². The van der Waals surface area contributed by atoms with Crippen molar-refractivity contribution in [3.05, 3.63) is 41.8 Å². The van der Waals surface area contributed by atoms with E-state index in [0.717, 1.165) is 38.9 Å². The van der Waals surface area contributed by atoms with Crippen molar-refractivity contribution < 1.29 is 18.5 Å². The highest BCUT2D eigenvalue weighted by Crippen LogP contribution is 2.20. The Labute approximate surface area is 180 Å². The Morgan fingerprint density at radius 1 is 1.29 bits per heavy atom. The number of nitrogens with one attached hydrogen (secondary N) is 2. The molecule has 1 aliphatic rings. The molecule has 2 N–H and O–H groups in total. The van der Waals surface area contributed by atoms with E-state index in [9.17, 15) is 14.0 Å². The molecule has 0 aliphatic carbocycles. The standard InChI is InChI=1S/C22H26FN5O3/c1-15(12-24)26-21(29)17-13-28(14-17)10-4-2-3-9-25-22(30)19-11-20(31-27-19)16-5-7-18(23)8-6-16/h5-8,11,15,17H,2-4,9-10,13-14H2,1H3,(H,25,30)(H,26,29). The molecule has 1 unspecified atom stereocenters. The van der Waals surface area contributed by atoms with Gasteiger partial charge in [-0.2, -0.15) is 5.26 Å². The van der Waals surface area contributed by atoms with Crippen LogP contribution in [0.15, 0.2) is 34.9 Å². The fourth-order valence-electron chi connectivity index (χ4n) is 3.34. The topological polar surface area (TPSA) is 111 Å². The number of hydrogen-bond donors (Lipinski definition) is 2. The smallest absolute Gasteiger partial charge is 0.273 e. The highest BCUT2D eigenvalue weighted by atomic mass is 19.1. The summed E-state index contributed by atoms with van der Waals surface area (Å²) in [6.45, 7) is 4.57. The Kier molecular flexibility index (Phi) is 7.73. The van der Waals surface area contributed by atoms with Crippen LogP contribution in [0.3, 0.4) is 0 Å². The molecule has 1 aromatic carbocycles. The number of carbonyl (C=O) groups is 2. The third kappa shape index (κ3) is 6.36. The molecule has 0 radical (unpaired) electrons. The number of likely N-dealkylation sites (tertiary alicyclic amines) is 1. The number of hydrogen-bond acceptors (Lipinski definition) is 6. The SMILES string of the molecule is CC(C#N)NC(=O)C1CN(CCCCCNC(=O)c2cc(-c3ccc(F)cc3)on2)C1. The maximum atomic E-state index is 13.0. The van der Waals surface area contributed by atoms with Gasteiger partial charge in [-0.05, 0) is 50.6 Å². The molecular weight excluding hydrogens is 401 g/mol. The van der Waals surface area contributed by atoms with E-state index in [0.29, 0.717) is 17.9 Å². The number of halogens is 1. The van der Waals surface area contributed by atoms with Crippen molar-refractivity contribution in [1.82, 2.24) is 20.7 Å². The molecule has 1 atom stereocenters. The first-order valence-electron chi connectivity index (χ1n) is 10.4. The Balaban J connectivity index is 1.27. The predicted molar refractivity (Wildman–Crippen MR) is 111 cm³/mol. The van der Waals surface area contributed by atoms with Crippen LogP contribution in [0.1, 0.15) is 36.7 Å². The van der Waals surface area contributed by atoms with Gasteiger partial charge >= 0.3 is 0 Å². The molecule has 1 aliphatic heterocycles. The van der Waals surface area contributed by atoms with Crippen LogP contribution in [0, 0.1) is 23.1 Å². The molecule has 1 fully saturated rings. The zero-order valence-electron chi connectivity index (χ0n) is 17.4. The maximum absolute atomic E-state index is 13.0. The van der Waals surface area contributed by atoms with Gasteiger partial charge in [0, 0.05) is 31.3 Å². The summed E-state index contributed by atoms with van der Waals surface area (Å²) in [6.07, 6.45) is 2.78. The van der Waals surface area contributed by atoms with Gasteiger partial charge in [-0.25, -0.2) is 4.39 Å². The normalized spacial score (nSPS) is 15.0. The van der Waals surface area contributed by atoms with Crippen LogP contribution in [-0.2, 0) is 4.79 Å². The molecule has 2 aromatic rings. The molecule has 31 heavy (non-hydrogen) atoms. The Bertz CT molecular complexity index is 931. The molecule has 0 spiro atoms. The van der Waals surface area contributed by atoms with Gasteiger partial charge in [0.05, 0.1) is 12.0 Å². The molecule has 1 saturated heterocycles. The predicted octanol–water partition coefficient (Wildman–Crippen LogP) is 2.34. The summed E-state index contributed by atoms with van der Waals surface area (Å²) in [5.41, 5.74) is 0.841. The van der Waals surface area contributed by atoms with Gasteiger partial charge < -0.3 is 20.1 Å². The van der Waals surface area contributed by atoms with Crippen LogP contribution in [0.5, 0.6) is 0 Å². The number of amides is 2. The van der Waals surface area contributed by atoms with Crippen LogP contribution in [0.4, 0.5) is 4.39 Å². The minimum absolute atomic E-state index is 0.0302. The first-order valence-corrected chi connectivity index (χ1v) is 10.4. The number of carbonyl (C=O) groups excluding carboxylic acids is 2. The third-order valence-corrected chi connectivity index (χ3v) is 5.19. The van der Waals surface area contributed by atoms with Gasteiger partial charge in [0.15, 0.2) is 11.5 Å². The quantitative estimate of drug-likeness (QED) is 0.563. The van der Waals surface area contributed by atoms with E-state index < -0.39 is 6.04 Å². The van der Waals surface area contributed by atoms with Gasteiger partial charge in [0.2, 0.25) is 5.91 Å². The van der Waals surface area contributed by atoms with Crippen LogP contribution in [0.2, 0.25) is 0 Å². The zero-order chi connectivity index (χ0) is 22.2. The first kappa shape index (κ1) is 22.4. The van der Waals surface area contributed by atoms with E-state index in [-0.39, 0.29) is 29.2 Å². The molecule has 9 heteroatoms. The number of nitriles is 1. The lowest BCUT2D eigenvalue weighted by atomic mass is 9.98. The van der Waals surface area contributed by atoms with Crippen molar-refractivity contribution in [3.8, 4) is 17.4 Å².